The molecule has 0 N–H and O–H groups in total. The Morgan fingerprint density at radius 3 is 2.82 bits per heavy atom. The highest BCUT2D eigenvalue weighted by molar-refractivity contribution is 5.76. The molecule has 0 amide bonds. The molecule has 2 aromatic heterocycles. The van der Waals surface area contributed by atoms with Crippen molar-refractivity contribution in [3.63, 3.8) is 0 Å². The van der Waals surface area contributed by atoms with E-state index in [0.717, 1.165) is 5.65 Å². The summed E-state index contributed by atoms with van der Waals surface area (Å²) in [5.74, 6) is -0.102. The summed E-state index contributed by atoms with van der Waals surface area (Å²) in [6.07, 6.45) is 5.29. The Hall–Kier alpha value is -1.99. The van der Waals surface area contributed by atoms with Crippen LogP contribution in [0.15, 0.2) is 24.3 Å². The van der Waals surface area contributed by atoms with Crippen LogP contribution in [-0.2, 0) is 9.47 Å². The Bertz CT molecular complexity index is 767. The summed E-state index contributed by atoms with van der Waals surface area (Å²) in [7, 11) is 1.58. The van der Waals surface area contributed by atoms with Crippen LogP contribution in [0.1, 0.15) is 26.8 Å². The molecule has 0 aromatic carbocycles. The number of aromatic nitrogens is 4. The van der Waals surface area contributed by atoms with Crippen LogP contribution in [0.25, 0.3) is 11.2 Å². The molecule has 3 heterocycles. The molecule has 1 saturated heterocycles. The predicted octanol–water partition coefficient (Wildman–Crippen LogP) is 1.86. The van der Waals surface area contributed by atoms with Crippen molar-refractivity contribution in [3.05, 3.63) is 24.3 Å². The van der Waals surface area contributed by atoms with Gasteiger partial charge in [0.15, 0.2) is 17.0 Å². The summed E-state index contributed by atoms with van der Waals surface area (Å²) in [6, 6.07) is -0.00335. The molecular weight excluding hydrogens is 284 g/mol. The highest BCUT2D eigenvalue weighted by Gasteiger charge is 2.49. The number of hydrogen-bond acceptors (Lipinski definition) is 6. The monoisotopic (exact) mass is 302 g/mol. The Kier molecular flexibility index (Phi) is 2.79. The quantitative estimate of drug-likeness (QED) is 0.789. The average Bonchev–Trinajstić information content (AvgIpc) is 3.11. The molecule has 3 atom stereocenters. The minimum Gasteiger partial charge on any atom is -0.479 e. The fourth-order valence-electron chi connectivity index (χ4n) is 3.29. The van der Waals surface area contributed by atoms with Crippen LogP contribution >= 0.6 is 0 Å². The zero-order valence-corrected chi connectivity index (χ0v) is 13.0. The normalized spacial score (nSPS) is 29.6. The number of nitrogens with zero attached hydrogens (tertiary/aromatic N) is 4. The van der Waals surface area contributed by atoms with Gasteiger partial charge in [0.25, 0.3) is 0 Å². The van der Waals surface area contributed by atoms with Crippen LogP contribution in [-0.4, -0.2) is 44.6 Å². The van der Waals surface area contributed by atoms with Crippen molar-refractivity contribution in [2.75, 3.05) is 7.11 Å². The molecule has 0 radical (unpaired) electrons. The molecule has 22 heavy (non-hydrogen) atoms. The van der Waals surface area contributed by atoms with Gasteiger partial charge in [-0.3, -0.25) is 0 Å². The van der Waals surface area contributed by atoms with Crippen LogP contribution in [0.2, 0.25) is 0 Å². The van der Waals surface area contributed by atoms with Crippen molar-refractivity contribution in [2.24, 2.45) is 0 Å². The van der Waals surface area contributed by atoms with Crippen LogP contribution < -0.4 is 4.74 Å². The Morgan fingerprint density at radius 1 is 1.23 bits per heavy atom. The van der Waals surface area contributed by atoms with Gasteiger partial charge in [-0.25, -0.2) is 9.97 Å². The molecule has 2 aliphatic rings. The van der Waals surface area contributed by atoms with E-state index in [-0.39, 0.29) is 18.2 Å². The van der Waals surface area contributed by atoms with Gasteiger partial charge in [0.1, 0.15) is 18.5 Å². The molecule has 7 nitrogen and oxygen atoms in total. The van der Waals surface area contributed by atoms with E-state index < -0.39 is 5.79 Å². The molecule has 0 bridgehead atoms. The number of imidazole rings is 1. The molecule has 0 unspecified atom stereocenters. The van der Waals surface area contributed by atoms with Crippen LogP contribution in [0.4, 0.5) is 0 Å². The third-order valence-corrected chi connectivity index (χ3v) is 4.19. The lowest BCUT2D eigenvalue weighted by Crippen LogP contribution is -2.27. The molecule has 0 saturated carbocycles. The number of fused-ring (bicyclic) bond motifs is 2. The van der Waals surface area contributed by atoms with Crippen molar-refractivity contribution >= 4 is 11.2 Å². The standard InChI is InChI=1S/C15H18N4O3/c1-8-5-9(12-11(8)21-15(2,3)22-12)19-7-18-10-13(19)16-6-17-14(10)20-4/h5-7,9,11-12H,1-4H3/t9-,11-,12+/m1/s1. The summed E-state index contributed by atoms with van der Waals surface area (Å²) < 4.78 is 19.3. The molecule has 2 aromatic rings. The molecule has 1 aliphatic carbocycles. The third-order valence-electron chi connectivity index (χ3n) is 4.19. The summed E-state index contributed by atoms with van der Waals surface area (Å²) in [5.41, 5.74) is 2.55. The Morgan fingerprint density at radius 2 is 2.05 bits per heavy atom. The summed E-state index contributed by atoms with van der Waals surface area (Å²) >= 11 is 0. The van der Waals surface area contributed by atoms with Crippen molar-refractivity contribution in [1.29, 1.82) is 0 Å². The van der Waals surface area contributed by atoms with Crippen molar-refractivity contribution < 1.29 is 14.2 Å². The van der Waals surface area contributed by atoms with Gasteiger partial charge in [0.05, 0.1) is 19.5 Å². The molecule has 1 aliphatic heterocycles. The van der Waals surface area contributed by atoms with E-state index in [0.29, 0.717) is 11.4 Å². The zero-order valence-electron chi connectivity index (χ0n) is 13.0. The SMILES string of the molecule is COc1ncnc2c1ncn2[C@@H]1C=C(C)[C@H]2OC(C)(C)O[C@H]21. The summed E-state index contributed by atoms with van der Waals surface area (Å²) in [5, 5.41) is 0. The highest BCUT2D eigenvalue weighted by atomic mass is 16.8. The lowest BCUT2D eigenvalue weighted by atomic mass is 10.1. The van der Waals surface area contributed by atoms with Gasteiger partial charge in [-0.1, -0.05) is 6.08 Å². The number of methoxy groups -OCH3 is 1. The van der Waals surface area contributed by atoms with Gasteiger partial charge < -0.3 is 18.8 Å². The van der Waals surface area contributed by atoms with Crippen molar-refractivity contribution in [3.8, 4) is 5.88 Å². The van der Waals surface area contributed by atoms with Gasteiger partial charge in [-0.05, 0) is 26.3 Å². The largest absolute Gasteiger partial charge is 0.479 e. The molecule has 7 heteroatoms. The first-order valence-electron chi connectivity index (χ1n) is 7.25. The maximum absolute atomic E-state index is 6.09. The third kappa shape index (κ3) is 1.85. The zero-order chi connectivity index (χ0) is 15.5. The lowest BCUT2D eigenvalue weighted by molar-refractivity contribution is -0.147. The number of rotatable bonds is 2. The molecular formula is C15H18N4O3. The minimum atomic E-state index is -0.577. The van der Waals surface area contributed by atoms with E-state index in [2.05, 4.69) is 28.0 Å². The second kappa shape index (κ2) is 4.50. The summed E-state index contributed by atoms with van der Waals surface area (Å²) in [6.45, 7) is 5.94. The lowest BCUT2D eigenvalue weighted by Gasteiger charge is -2.21. The Labute approximate surface area is 127 Å². The number of hydrogen-bond donors (Lipinski definition) is 0. The average molecular weight is 302 g/mol. The maximum atomic E-state index is 6.09. The predicted molar refractivity (Wildman–Crippen MR) is 78.5 cm³/mol. The van der Waals surface area contributed by atoms with E-state index >= 15 is 0 Å². The maximum Gasteiger partial charge on any atom is 0.245 e. The van der Waals surface area contributed by atoms with Gasteiger partial charge in [0.2, 0.25) is 5.88 Å². The van der Waals surface area contributed by atoms with Crippen molar-refractivity contribution in [2.45, 2.75) is 44.8 Å². The molecule has 4 rings (SSSR count). The van der Waals surface area contributed by atoms with Crippen LogP contribution in [0.3, 0.4) is 0 Å². The molecule has 1 fully saturated rings. The van der Waals surface area contributed by atoms with E-state index in [1.807, 2.05) is 18.4 Å². The molecule has 0 spiro atoms. The topological polar surface area (TPSA) is 71.3 Å². The van der Waals surface area contributed by atoms with Crippen molar-refractivity contribution in [1.82, 2.24) is 19.5 Å². The van der Waals surface area contributed by atoms with Gasteiger partial charge >= 0.3 is 0 Å². The van der Waals surface area contributed by atoms with E-state index in [1.54, 1.807) is 13.4 Å². The summed E-state index contributed by atoms with van der Waals surface area (Å²) in [4.78, 5) is 12.8. The molecule has 116 valence electrons. The Balaban J connectivity index is 1.80. The smallest absolute Gasteiger partial charge is 0.245 e. The van der Waals surface area contributed by atoms with E-state index in [4.69, 9.17) is 14.2 Å². The first-order valence-corrected chi connectivity index (χ1v) is 7.25. The van der Waals surface area contributed by atoms with E-state index in [1.165, 1.54) is 11.9 Å². The van der Waals surface area contributed by atoms with Gasteiger partial charge in [-0.15, -0.1) is 0 Å². The second-order valence-electron chi connectivity index (χ2n) is 6.13. The van der Waals surface area contributed by atoms with Gasteiger partial charge in [-0.2, -0.15) is 4.98 Å². The first-order chi connectivity index (χ1) is 10.5. The second-order valence-corrected chi connectivity index (χ2v) is 6.13. The van der Waals surface area contributed by atoms with Crippen LogP contribution in [0.5, 0.6) is 5.88 Å². The van der Waals surface area contributed by atoms with Gasteiger partial charge in [0, 0.05) is 0 Å². The highest BCUT2D eigenvalue weighted by Crippen LogP contribution is 2.43. The fourth-order valence-corrected chi connectivity index (χ4v) is 3.29. The van der Waals surface area contributed by atoms with E-state index in [9.17, 15) is 0 Å². The minimum absolute atomic E-state index is 0.00335. The number of ether oxygens (including phenoxy) is 3. The first kappa shape index (κ1) is 13.7. The fraction of sp³-hybridized carbons (Fsp3) is 0.533. The van der Waals surface area contributed by atoms with Crippen LogP contribution in [0, 0.1) is 0 Å².